The van der Waals surface area contributed by atoms with Crippen molar-refractivity contribution in [3.8, 4) is 5.75 Å². The van der Waals surface area contributed by atoms with Gasteiger partial charge in [-0.3, -0.25) is 14.6 Å². The van der Waals surface area contributed by atoms with E-state index in [1.165, 1.54) is 17.4 Å². The van der Waals surface area contributed by atoms with Crippen LogP contribution in [0.15, 0.2) is 36.4 Å². The van der Waals surface area contributed by atoms with Gasteiger partial charge >= 0.3 is 6.03 Å². The minimum atomic E-state index is -1.13. The lowest BCUT2D eigenvalue weighted by molar-refractivity contribution is -0.133. The fourth-order valence-electron chi connectivity index (χ4n) is 5.74. The quantitative estimate of drug-likeness (QED) is 0.454. The van der Waals surface area contributed by atoms with Crippen LogP contribution in [0.1, 0.15) is 49.0 Å². The maximum Gasteiger partial charge on any atom is 0.328 e. The Bertz CT molecular complexity index is 1370. The Morgan fingerprint density at radius 2 is 2.06 bits per heavy atom. The molecule has 35 heavy (non-hydrogen) atoms. The number of aromatic amines is 1. The third-order valence-corrected chi connectivity index (χ3v) is 8.06. The summed E-state index contributed by atoms with van der Waals surface area (Å²) >= 11 is 6.11. The Hall–Kier alpha value is -3.10. The van der Waals surface area contributed by atoms with Gasteiger partial charge < -0.3 is 15.4 Å². The molecule has 0 radical (unpaired) electrons. The molecule has 0 bridgehead atoms. The molecule has 9 heteroatoms. The number of benzene rings is 2. The molecule has 2 aromatic carbocycles. The van der Waals surface area contributed by atoms with E-state index in [1.54, 1.807) is 36.1 Å². The molecule has 1 saturated carbocycles. The van der Waals surface area contributed by atoms with Gasteiger partial charge in [-0.05, 0) is 55.2 Å². The van der Waals surface area contributed by atoms with E-state index < -0.39 is 17.4 Å². The molecule has 2 aliphatic heterocycles. The summed E-state index contributed by atoms with van der Waals surface area (Å²) in [4.78, 5) is 33.8. The highest BCUT2D eigenvalue weighted by atomic mass is 35.5. The fraction of sp³-hybridized carbons (Fsp3) is 0.385. The van der Waals surface area contributed by atoms with Crippen molar-refractivity contribution in [3.63, 3.8) is 0 Å². The maximum absolute atomic E-state index is 14.3. The number of amides is 3. The first-order chi connectivity index (χ1) is 16.8. The number of hydrogen-bond acceptors (Lipinski definition) is 4. The second-order valence-corrected chi connectivity index (χ2v) is 10.4. The monoisotopic (exact) mass is 496 g/mol. The Labute approximate surface area is 206 Å². The van der Waals surface area contributed by atoms with Gasteiger partial charge in [0.15, 0.2) is 0 Å². The molecular formula is C26H26ClFN4O3. The van der Waals surface area contributed by atoms with Crippen LogP contribution in [-0.2, 0) is 11.2 Å². The number of halogens is 2. The smallest absolute Gasteiger partial charge is 0.328 e. The molecule has 1 aliphatic carbocycles. The molecule has 3 aromatic rings. The zero-order valence-electron chi connectivity index (χ0n) is 19.3. The number of nitrogens with zero attached hydrogens (tertiary/aromatic N) is 2. The molecule has 182 valence electrons. The molecule has 1 aromatic heterocycles. The van der Waals surface area contributed by atoms with Crippen LogP contribution in [0.25, 0.3) is 10.9 Å². The van der Waals surface area contributed by atoms with Crippen molar-refractivity contribution in [1.82, 2.24) is 20.1 Å². The van der Waals surface area contributed by atoms with Gasteiger partial charge in [0.1, 0.15) is 23.1 Å². The summed E-state index contributed by atoms with van der Waals surface area (Å²) in [6.45, 7) is 2.63. The van der Waals surface area contributed by atoms with Crippen LogP contribution in [0.4, 0.5) is 9.18 Å². The van der Waals surface area contributed by atoms with Crippen LogP contribution in [0.2, 0.25) is 5.02 Å². The first-order valence-corrected chi connectivity index (χ1v) is 12.3. The predicted octanol–water partition coefficient (Wildman–Crippen LogP) is 4.48. The van der Waals surface area contributed by atoms with Gasteiger partial charge in [0.05, 0.1) is 5.02 Å². The van der Waals surface area contributed by atoms with Gasteiger partial charge in [0.25, 0.3) is 5.91 Å². The molecule has 7 nitrogen and oxygen atoms in total. The van der Waals surface area contributed by atoms with E-state index in [0.717, 1.165) is 23.8 Å². The largest absolute Gasteiger partial charge is 0.508 e. The lowest BCUT2D eigenvalue weighted by Crippen LogP contribution is -2.53. The van der Waals surface area contributed by atoms with Gasteiger partial charge in [0, 0.05) is 42.1 Å². The summed E-state index contributed by atoms with van der Waals surface area (Å²) in [5.41, 5.74) is 1.59. The van der Waals surface area contributed by atoms with E-state index in [9.17, 15) is 19.1 Å². The molecule has 1 saturated heterocycles. The minimum Gasteiger partial charge on any atom is -0.508 e. The van der Waals surface area contributed by atoms with Crippen LogP contribution >= 0.6 is 11.6 Å². The van der Waals surface area contributed by atoms with Gasteiger partial charge in [-0.2, -0.15) is 0 Å². The number of rotatable bonds is 5. The first-order valence-electron chi connectivity index (χ1n) is 11.9. The summed E-state index contributed by atoms with van der Waals surface area (Å²) < 4.78 is 14.3. The highest BCUT2D eigenvalue weighted by Gasteiger charge is 2.60. The zero-order valence-corrected chi connectivity index (χ0v) is 20.0. The third-order valence-electron chi connectivity index (χ3n) is 7.77. The number of carbonyl (C=O) groups is 2. The van der Waals surface area contributed by atoms with Crippen LogP contribution < -0.4 is 5.32 Å². The fourth-order valence-corrected chi connectivity index (χ4v) is 5.90. The second-order valence-electron chi connectivity index (χ2n) is 9.97. The van der Waals surface area contributed by atoms with Crippen LogP contribution in [0.3, 0.4) is 0 Å². The lowest BCUT2D eigenvalue weighted by atomic mass is 9.81. The van der Waals surface area contributed by atoms with E-state index in [0.29, 0.717) is 35.9 Å². The molecule has 2 unspecified atom stereocenters. The highest BCUT2D eigenvalue weighted by Crippen LogP contribution is 2.49. The first kappa shape index (κ1) is 22.4. The molecule has 0 spiro atoms. The van der Waals surface area contributed by atoms with E-state index in [2.05, 4.69) is 10.3 Å². The van der Waals surface area contributed by atoms with E-state index in [4.69, 9.17) is 11.6 Å². The molecule has 6 rings (SSSR count). The van der Waals surface area contributed by atoms with Gasteiger partial charge in [-0.15, -0.1) is 0 Å². The lowest BCUT2D eigenvalue weighted by Gasteiger charge is -2.42. The van der Waals surface area contributed by atoms with E-state index in [-0.39, 0.29) is 29.1 Å². The van der Waals surface area contributed by atoms with Crippen molar-refractivity contribution >= 4 is 34.4 Å². The molecule has 3 aliphatic rings. The predicted molar refractivity (Wildman–Crippen MR) is 130 cm³/mol. The average molecular weight is 497 g/mol. The summed E-state index contributed by atoms with van der Waals surface area (Å²) in [5, 5.41) is 14.4. The molecule has 3 amide bonds. The normalized spacial score (nSPS) is 24.1. The third kappa shape index (κ3) is 3.34. The van der Waals surface area contributed by atoms with Crippen LogP contribution in [0.5, 0.6) is 5.75 Å². The molecule has 2 atom stereocenters. The maximum atomic E-state index is 14.3. The van der Waals surface area contributed by atoms with Crippen molar-refractivity contribution in [3.05, 3.63) is 64.1 Å². The van der Waals surface area contributed by atoms with Crippen molar-refractivity contribution in [2.75, 3.05) is 13.1 Å². The summed E-state index contributed by atoms with van der Waals surface area (Å²) in [6, 6.07) is 9.01. The number of H-pyrrole nitrogens is 1. The molecular weight excluding hydrogens is 471 g/mol. The summed E-state index contributed by atoms with van der Waals surface area (Å²) in [7, 11) is 0. The number of fused-ring (bicyclic) bond motifs is 4. The summed E-state index contributed by atoms with van der Waals surface area (Å²) in [5.74, 6) is -0.743. The number of phenols is 1. The SMILES string of the molecule is CC12Cc3c([nH]c4cc(F)c(Cl)cc34)C(c3cccc(O)c3)N1C(=O)N(CCNC1CCC1)C2=O. The van der Waals surface area contributed by atoms with Crippen molar-refractivity contribution in [2.24, 2.45) is 0 Å². The number of hydrogen-bond donors (Lipinski definition) is 3. The number of aromatic nitrogens is 1. The van der Waals surface area contributed by atoms with E-state index >= 15 is 0 Å². The van der Waals surface area contributed by atoms with Crippen molar-refractivity contribution in [2.45, 2.75) is 50.2 Å². The summed E-state index contributed by atoms with van der Waals surface area (Å²) in [6.07, 6.45) is 3.72. The van der Waals surface area contributed by atoms with Gasteiger partial charge in [-0.1, -0.05) is 30.2 Å². The zero-order chi connectivity index (χ0) is 24.5. The van der Waals surface area contributed by atoms with Crippen LogP contribution in [-0.4, -0.2) is 56.5 Å². The number of carbonyl (C=O) groups excluding carboxylic acids is 2. The number of urea groups is 1. The van der Waals surface area contributed by atoms with E-state index in [1.807, 2.05) is 6.07 Å². The van der Waals surface area contributed by atoms with Crippen molar-refractivity contribution < 1.29 is 19.1 Å². The van der Waals surface area contributed by atoms with Crippen molar-refractivity contribution in [1.29, 1.82) is 0 Å². The Balaban J connectivity index is 1.46. The number of aromatic hydroxyl groups is 1. The van der Waals surface area contributed by atoms with Crippen LogP contribution in [0, 0.1) is 5.82 Å². The number of nitrogens with one attached hydrogen (secondary N) is 2. The van der Waals surface area contributed by atoms with Gasteiger partial charge in [0.2, 0.25) is 0 Å². The number of phenolic OH excluding ortho intramolecular Hbond substituents is 1. The topological polar surface area (TPSA) is 88.7 Å². The number of imide groups is 1. The molecule has 2 fully saturated rings. The van der Waals surface area contributed by atoms with Gasteiger partial charge in [-0.25, -0.2) is 9.18 Å². The minimum absolute atomic E-state index is 0.00157. The molecule has 3 N–H and O–H groups in total. The Morgan fingerprint density at radius 3 is 2.77 bits per heavy atom. The Morgan fingerprint density at radius 1 is 1.26 bits per heavy atom. The Kier molecular flexibility index (Phi) is 5.09. The molecule has 3 heterocycles. The highest BCUT2D eigenvalue weighted by molar-refractivity contribution is 6.31. The standard InChI is InChI=1S/C26H26ClFN4O3/c1-26-13-18-17-11-19(27)20(28)12-21(17)30-22(18)23(14-4-2-7-16(33)10-14)32(26)25(35)31(24(26)34)9-8-29-15-5-3-6-15/h2,4,7,10-12,15,23,29-30,33H,3,5-6,8-9,13H2,1H3. The second kappa shape index (κ2) is 7.96. The average Bonchev–Trinajstić information content (AvgIpc) is 3.21.